The molecular formula is C20H31N3O. The van der Waals surface area contributed by atoms with Gasteiger partial charge >= 0.3 is 0 Å². The molecule has 2 heterocycles. The van der Waals surface area contributed by atoms with E-state index in [9.17, 15) is 4.79 Å². The highest BCUT2D eigenvalue weighted by atomic mass is 16.2. The Hall–Kier alpha value is -1.39. The predicted octanol–water partition coefficient (Wildman–Crippen LogP) is 2.38. The molecule has 0 spiro atoms. The molecule has 2 saturated heterocycles. The summed E-state index contributed by atoms with van der Waals surface area (Å²) in [4.78, 5) is 19.3. The minimum Gasteiger partial charge on any atom is -0.342 e. The Kier molecular flexibility index (Phi) is 6.27. The van der Waals surface area contributed by atoms with Crippen LogP contribution >= 0.6 is 0 Å². The van der Waals surface area contributed by atoms with Crippen molar-refractivity contribution < 1.29 is 4.79 Å². The summed E-state index contributed by atoms with van der Waals surface area (Å²) in [6, 6.07) is 8.99. The lowest BCUT2D eigenvalue weighted by molar-refractivity contribution is -0.133. The number of aryl methyl sites for hydroxylation is 1. The molecule has 0 bridgehead atoms. The third-order valence-corrected chi connectivity index (χ3v) is 5.37. The highest BCUT2D eigenvalue weighted by Gasteiger charge is 2.22. The number of rotatable bonds is 5. The van der Waals surface area contributed by atoms with Crippen LogP contribution < -0.4 is 0 Å². The number of nitrogens with zero attached hydrogens (tertiary/aromatic N) is 3. The van der Waals surface area contributed by atoms with Crippen LogP contribution in [0, 0.1) is 0 Å². The van der Waals surface area contributed by atoms with Crippen molar-refractivity contribution in [3.8, 4) is 0 Å². The lowest BCUT2D eigenvalue weighted by Crippen LogP contribution is -2.50. The number of carbonyl (C=O) groups is 1. The minimum absolute atomic E-state index is 0.332. The van der Waals surface area contributed by atoms with E-state index in [4.69, 9.17) is 0 Å². The van der Waals surface area contributed by atoms with Gasteiger partial charge in [0.15, 0.2) is 0 Å². The zero-order valence-electron chi connectivity index (χ0n) is 15.0. The number of piperazine rings is 1. The van der Waals surface area contributed by atoms with Gasteiger partial charge in [0.2, 0.25) is 5.91 Å². The number of benzene rings is 1. The van der Waals surface area contributed by atoms with E-state index in [0.29, 0.717) is 12.5 Å². The molecule has 132 valence electrons. The Morgan fingerprint density at radius 2 is 1.42 bits per heavy atom. The van der Waals surface area contributed by atoms with Gasteiger partial charge < -0.3 is 4.90 Å². The maximum atomic E-state index is 12.4. The molecule has 1 amide bonds. The molecule has 4 heteroatoms. The molecule has 2 fully saturated rings. The standard InChI is InChI=1S/C20H31N3O/c1-2-18-6-8-19(9-7-18)16-21-12-14-22(15-13-21)17-20(24)23-10-4-3-5-11-23/h6-9H,2-5,10-17H2,1H3. The van der Waals surface area contributed by atoms with E-state index in [1.54, 1.807) is 0 Å². The molecule has 2 aliphatic rings. The minimum atomic E-state index is 0.332. The molecule has 1 aromatic carbocycles. The van der Waals surface area contributed by atoms with E-state index >= 15 is 0 Å². The van der Waals surface area contributed by atoms with Gasteiger partial charge in [0.25, 0.3) is 0 Å². The Balaban J connectivity index is 1.41. The van der Waals surface area contributed by atoms with E-state index in [0.717, 1.165) is 52.2 Å². The zero-order valence-corrected chi connectivity index (χ0v) is 15.0. The fourth-order valence-corrected chi connectivity index (χ4v) is 3.68. The number of hydrogen-bond donors (Lipinski definition) is 0. The van der Waals surface area contributed by atoms with Crippen LogP contribution in [0.5, 0.6) is 0 Å². The SMILES string of the molecule is CCc1ccc(CN2CCN(CC(=O)N3CCCCC3)CC2)cc1. The number of carbonyl (C=O) groups excluding carboxylic acids is 1. The summed E-state index contributed by atoms with van der Waals surface area (Å²) in [7, 11) is 0. The number of hydrogen-bond acceptors (Lipinski definition) is 3. The first-order chi connectivity index (χ1) is 11.7. The van der Waals surface area contributed by atoms with Gasteiger partial charge in [-0.15, -0.1) is 0 Å². The van der Waals surface area contributed by atoms with Crippen molar-refractivity contribution in [2.45, 2.75) is 39.2 Å². The third-order valence-electron chi connectivity index (χ3n) is 5.37. The first-order valence-electron chi connectivity index (χ1n) is 9.55. The van der Waals surface area contributed by atoms with Crippen molar-refractivity contribution in [1.82, 2.24) is 14.7 Å². The van der Waals surface area contributed by atoms with Crippen LogP contribution in [0.4, 0.5) is 0 Å². The summed E-state index contributed by atoms with van der Waals surface area (Å²) in [6.45, 7) is 9.89. The normalized spacial score (nSPS) is 20.3. The van der Waals surface area contributed by atoms with Crippen molar-refractivity contribution in [3.63, 3.8) is 0 Å². The summed E-state index contributed by atoms with van der Waals surface area (Å²) in [6.07, 6.45) is 4.73. The molecule has 0 radical (unpaired) electrons. The molecule has 4 nitrogen and oxygen atoms in total. The largest absolute Gasteiger partial charge is 0.342 e. The lowest BCUT2D eigenvalue weighted by Gasteiger charge is -2.36. The van der Waals surface area contributed by atoms with Gasteiger partial charge in [0.05, 0.1) is 6.54 Å². The van der Waals surface area contributed by atoms with Crippen molar-refractivity contribution in [1.29, 1.82) is 0 Å². The first kappa shape index (κ1) is 17.4. The molecule has 0 N–H and O–H groups in total. The van der Waals surface area contributed by atoms with Gasteiger partial charge in [-0.05, 0) is 36.8 Å². The van der Waals surface area contributed by atoms with E-state index in [-0.39, 0.29) is 0 Å². The van der Waals surface area contributed by atoms with Crippen LogP contribution in [0.2, 0.25) is 0 Å². The first-order valence-corrected chi connectivity index (χ1v) is 9.55. The highest BCUT2D eigenvalue weighted by Crippen LogP contribution is 2.12. The topological polar surface area (TPSA) is 26.8 Å². The van der Waals surface area contributed by atoms with Crippen LogP contribution in [0.25, 0.3) is 0 Å². The van der Waals surface area contributed by atoms with Crippen LogP contribution in [-0.4, -0.2) is 66.4 Å². The molecule has 24 heavy (non-hydrogen) atoms. The molecule has 0 aromatic heterocycles. The van der Waals surface area contributed by atoms with Crippen molar-refractivity contribution >= 4 is 5.91 Å². The second-order valence-corrected chi connectivity index (χ2v) is 7.16. The highest BCUT2D eigenvalue weighted by molar-refractivity contribution is 5.78. The van der Waals surface area contributed by atoms with E-state index < -0.39 is 0 Å². The average Bonchev–Trinajstić information content (AvgIpc) is 2.65. The Labute approximate surface area is 146 Å². The molecule has 0 saturated carbocycles. The molecule has 1 aromatic rings. The smallest absolute Gasteiger partial charge is 0.236 e. The molecular weight excluding hydrogens is 298 g/mol. The Morgan fingerprint density at radius 1 is 0.833 bits per heavy atom. The number of likely N-dealkylation sites (tertiary alicyclic amines) is 1. The molecule has 0 unspecified atom stereocenters. The predicted molar refractivity (Wildman–Crippen MR) is 98.0 cm³/mol. The quantitative estimate of drug-likeness (QED) is 0.830. The van der Waals surface area contributed by atoms with Gasteiger partial charge in [0.1, 0.15) is 0 Å². The lowest BCUT2D eigenvalue weighted by atomic mass is 10.1. The van der Waals surface area contributed by atoms with Crippen LogP contribution in [0.3, 0.4) is 0 Å². The fraction of sp³-hybridized carbons (Fsp3) is 0.650. The van der Waals surface area contributed by atoms with E-state index in [2.05, 4.69) is 45.9 Å². The van der Waals surface area contributed by atoms with Gasteiger partial charge in [-0.3, -0.25) is 14.6 Å². The van der Waals surface area contributed by atoms with Gasteiger partial charge in [-0.2, -0.15) is 0 Å². The Bertz CT molecular complexity index is 514. The summed E-state index contributed by atoms with van der Waals surface area (Å²) < 4.78 is 0. The summed E-state index contributed by atoms with van der Waals surface area (Å²) in [5.41, 5.74) is 2.80. The molecule has 0 atom stereocenters. The zero-order chi connectivity index (χ0) is 16.8. The van der Waals surface area contributed by atoms with Crippen LogP contribution in [-0.2, 0) is 17.8 Å². The molecule has 0 aliphatic carbocycles. The van der Waals surface area contributed by atoms with Crippen molar-refractivity contribution in [2.75, 3.05) is 45.8 Å². The summed E-state index contributed by atoms with van der Waals surface area (Å²) >= 11 is 0. The summed E-state index contributed by atoms with van der Waals surface area (Å²) in [5.74, 6) is 0.332. The molecule has 3 rings (SSSR count). The van der Waals surface area contributed by atoms with Gasteiger partial charge in [-0.1, -0.05) is 31.2 Å². The van der Waals surface area contributed by atoms with E-state index in [1.807, 2.05) is 0 Å². The maximum absolute atomic E-state index is 12.4. The average molecular weight is 329 g/mol. The third kappa shape index (κ3) is 4.81. The monoisotopic (exact) mass is 329 g/mol. The number of amides is 1. The summed E-state index contributed by atoms with van der Waals surface area (Å²) in [5, 5.41) is 0. The van der Waals surface area contributed by atoms with E-state index in [1.165, 1.54) is 30.4 Å². The van der Waals surface area contributed by atoms with Crippen molar-refractivity contribution in [2.24, 2.45) is 0 Å². The Morgan fingerprint density at radius 3 is 2.04 bits per heavy atom. The maximum Gasteiger partial charge on any atom is 0.236 e. The van der Waals surface area contributed by atoms with Crippen molar-refractivity contribution in [3.05, 3.63) is 35.4 Å². The molecule has 2 aliphatic heterocycles. The van der Waals surface area contributed by atoms with Crippen LogP contribution in [0.15, 0.2) is 24.3 Å². The van der Waals surface area contributed by atoms with Crippen LogP contribution in [0.1, 0.15) is 37.3 Å². The van der Waals surface area contributed by atoms with Gasteiger partial charge in [0, 0.05) is 45.8 Å². The second-order valence-electron chi connectivity index (χ2n) is 7.16. The second kappa shape index (κ2) is 8.63. The fourth-order valence-electron chi connectivity index (χ4n) is 3.68. The van der Waals surface area contributed by atoms with Gasteiger partial charge in [-0.25, -0.2) is 0 Å². The number of piperidine rings is 1.